The van der Waals surface area contributed by atoms with Gasteiger partial charge in [0.05, 0.1) is 27.0 Å². The first-order valence-electron chi connectivity index (χ1n) is 5.12. The van der Waals surface area contributed by atoms with Crippen LogP contribution in [0.15, 0.2) is 12.1 Å². The van der Waals surface area contributed by atoms with Gasteiger partial charge in [-0.15, -0.1) is 17.6 Å². The van der Waals surface area contributed by atoms with Crippen LogP contribution < -0.4 is 19.1 Å². The van der Waals surface area contributed by atoms with E-state index in [1.807, 2.05) is 0 Å². The minimum Gasteiger partial charge on any atom is -0.493 e. The molecule has 0 bridgehead atoms. The molecule has 1 aromatic carbocycles. The van der Waals surface area contributed by atoms with E-state index >= 15 is 0 Å². The van der Waals surface area contributed by atoms with Crippen molar-refractivity contribution in [3.05, 3.63) is 12.1 Å². The topological polar surface area (TPSA) is 48.0 Å². The highest BCUT2D eigenvalue weighted by Gasteiger charge is 2.43. The van der Waals surface area contributed by atoms with Crippen molar-refractivity contribution >= 4 is 11.8 Å². The molecule has 0 saturated carbocycles. The molecule has 112 valence electrons. The predicted molar refractivity (Wildman–Crippen MR) is 61.1 cm³/mol. The van der Waals surface area contributed by atoms with Crippen LogP contribution in [0.2, 0.25) is 0 Å². The first kappa shape index (κ1) is 15.9. The van der Waals surface area contributed by atoms with Crippen molar-refractivity contribution in [3.8, 4) is 17.2 Å². The van der Waals surface area contributed by atoms with E-state index in [2.05, 4.69) is 0 Å². The van der Waals surface area contributed by atoms with E-state index in [9.17, 15) is 22.4 Å². The summed E-state index contributed by atoms with van der Waals surface area (Å²) in [5.41, 5.74) is -0.792. The summed E-state index contributed by atoms with van der Waals surface area (Å²) in [5, 5.41) is 0. The Morgan fingerprint density at radius 3 is 1.75 bits per heavy atom. The number of amides is 1. The molecular formula is C11H11F4NO4. The second-order valence-corrected chi connectivity index (χ2v) is 3.44. The van der Waals surface area contributed by atoms with Gasteiger partial charge in [0.15, 0.2) is 11.5 Å². The van der Waals surface area contributed by atoms with Crippen LogP contribution in [0.5, 0.6) is 17.2 Å². The monoisotopic (exact) mass is 297 g/mol. The molecule has 1 rings (SSSR count). The Kier molecular flexibility index (Phi) is 4.64. The zero-order valence-electron chi connectivity index (χ0n) is 10.7. The van der Waals surface area contributed by atoms with Gasteiger partial charge in [-0.25, -0.2) is 4.79 Å². The maximum Gasteiger partial charge on any atom is 0.493 e. The Bertz CT molecular complexity index is 479. The Morgan fingerprint density at radius 1 is 1.05 bits per heavy atom. The largest absolute Gasteiger partial charge is 0.493 e. The lowest BCUT2D eigenvalue weighted by Crippen LogP contribution is -2.40. The molecule has 0 aliphatic heterocycles. The number of benzene rings is 1. The van der Waals surface area contributed by atoms with Crippen molar-refractivity contribution in [2.45, 2.75) is 6.30 Å². The summed E-state index contributed by atoms with van der Waals surface area (Å²) in [6, 6.07) is 1.62. The second-order valence-electron chi connectivity index (χ2n) is 3.44. The summed E-state index contributed by atoms with van der Waals surface area (Å²) in [6.07, 6.45) is -7.90. The normalized spacial score (nSPS) is 10.9. The van der Waals surface area contributed by atoms with E-state index in [0.717, 1.165) is 12.1 Å². The molecule has 0 aliphatic carbocycles. The predicted octanol–water partition coefficient (Wildman–Crippen LogP) is 3.13. The van der Waals surface area contributed by atoms with E-state index in [4.69, 9.17) is 14.2 Å². The first-order valence-corrected chi connectivity index (χ1v) is 5.12. The van der Waals surface area contributed by atoms with Gasteiger partial charge in [-0.2, -0.15) is 4.90 Å². The summed E-state index contributed by atoms with van der Waals surface area (Å²) in [5.74, 6) is -0.262. The Hall–Kier alpha value is -2.19. The van der Waals surface area contributed by atoms with Crippen molar-refractivity contribution in [2.75, 3.05) is 26.2 Å². The molecule has 0 fully saturated rings. The molecule has 0 spiro atoms. The lowest BCUT2D eigenvalue weighted by atomic mass is 10.2. The number of hydrogen-bond acceptors (Lipinski definition) is 4. The summed E-state index contributed by atoms with van der Waals surface area (Å²) >= 11 is 0. The van der Waals surface area contributed by atoms with Crippen LogP contribution in [0.3, 0.4) is 0 Å². The third kappa shape index (κ3) is 3.03. The fraction of sp³-hybridized carbons (Fsp3) is 0.364. The van der Waals surface area contributed by atoms with Gasteiger partial charge in [0.2, 0.25) is 5.75 Å². The zero-order chi connectivity index (χ0) is 15.5. The quantitative estimate of drug-likeness (QED) is 0.487. The summed E-state index contributed by atoms with van der Waals surface area (Å²) in [4.78, 5) is 9.60. The zero-order valence-corrected chi connectivity index (χ0v) is 10.7. The number of ether oxygens (including phenoxy) is 3. The number of rotatable bonds is 4. The van der Waals surface area contributed by atoms with Crippen LogP contribution in [0, 0.1) is 0 Å². The average Bonchev–Trinajstić information content (AvgIpc) is 2.35. The standard InChI is InChI=1S/C11H11F4NO4/c1-18-7-4-6(5-8(19-2)9(7)20-3)16(10(12)17)11(13,14)15/h4-5H,1-3H3. The van der Waals surface area contributed by atoms with E-state index in [1.165, 1.54) is 21.3 Å². The van der Waals surface area contributed by atoms with Gasteiger partial charge in [0.1, 0.15) is 0 Å². The van der Waals surface area contributed by atoms with Crippen molar-refractivity contribution < 1.29 is 36.6 Å². The highest BCUT2D eigenvalue weighted by Crippen LogP contribution is 2.43. The maximum atomic E-state index is 12.7. The molecule has 0 saturated heterocycles. The number of hydrogen-bond donors (Lipinski definition) is 0. The summed E-state index contributed by atoms with van der Waals surface area (Å²) in [6.45, 7) is 0. The molecular weight excluding hydrogens is 286 g/mol. The third-order valence-electron chi connectivity index (χ3n) is 2.34. The minimum atomic E-state index is -5.23. The number of carbonyl (C=O) groups excluding carboxylic acids is 1. The molecule has 0 radical (unpaired) electrons. The molecule has 9 heteroatoms. The molecule has 0 aromatic heterocycles. The first-order chi connectivity index (χ1) is 9.26. The van der Waals surface area contributed by atoms with Crippen LogP contribution >= 0.6 is 0 Å². The molecule has 0 unspecified atom stereocenters. The summed E-state index contributed by atoms with van der Waals surface area (Å²) in [7, 11) is 3.61. The van der Waals surface area contributed by atoms with E-state index < -0.39 is 23.0 Å². The maximum absolute atomic E-state index is 12.7. The fourth-order valence-corrected chi connectivity index (χ4v) is 1.54. The molecule has 20 heavy (non-hydrogen) atoms. The van der Waals surface area contributed by atoms with Gasteiger partial charge < -0.3 is 14.2 Å². The van der Waals surface area contributed by atoms with Gasteiger partial charge in [-0.05, 0) is 0 Å². The molecule has 0 atom stereocenters. The van der Waals surface area contributed by atoms with E-state index in [-0.39, 0.29) is 17.2 Å². The minimum absolute atomic E-state index is 0.0205. The number of nitrogens with zero attached hydrogens (tertiary/aromatic N) is 1. The number of halogens is 4. The molecule has 5 nitrogen and oxygen atoms in total. The Balaban J connectivity index is 3.48. The average molecular weight is 297 g/mol. The SMILES string of the molecule is COc1cc(N(C(=O)F)C(F)(F)F)cc(OC)c1OC. The van der Waals surface area contributed by atoms with E-state index in [0.29, 0.717) is 0 Å². The molecule has 0 N–H and O–H groups in total. The fourth-order valence-electron chi connectivity index (χ4n) is 1.54. The highest BCUT2D eigenvalue weighted by molar-refractivity contribution is 5.88. The Labute approximate surface area is 111 Å². The second kappa shape index (κ2) is 5.85. The molecule has 0 heterocycles. The van der Waals surface area contributed by atoms with Crippen molar-refractivity contribution in [1.82, 2.24) is 0 Å². The van der Waals surface area contributed by atoms with Crippen LogP contribution in [-0.4, -0.2) is 33.8 Å². The van der Waals surface area contributed by atoms with Crippen LogP contribution in [-0.2, 0) is 0 Å². The number of methoxy groups -OCH3 is 3. The van der Waals surface area contributed by atoms with Gasteiger partial charge >= 0.3 is 12.5 Å². The van der Waals surface area contributed by atoms with Crippen LogP contribution in [0.25, 0.3) is 0 Å². The van der Waals surface area contributed by atoms with Crippen molar-refractivity contribution in [2.24, 2.45) is 0 Å². The summed E-state index contributed by atoms with van der Waals surface area (Å²) < 4.78 is 65.2. The van der Waals surface area contributed by atoms with Gasteiger partial charge in [-0.1, -0.05) is 0 Å². The number of carbonyl (C=O) groups is 1. The number of anilines is 1. The smallest absolute Gasteiger partial charge is 0.493 e. The molecule has 1 amide bonds. The molecule has 0 aliphatic rings. The van der Waals surface area contributed by atoms with Gasteiger partial charge in [0, 0.05) is 12.1 Å². The molecule has 1 aromatic rings. The number of alkyl halides is 3. The lowest BCUT2D eigenvalue weighted by molar-refractivity contribution is -0.122. The Morgan fingerprint density at radius 2 is 1.50 bits per heavy atom. The van der Waals surface area contributed by atoms with Crippen molar-refractivity contribution in [1.29, 1.82) is 0 Å². The van der Waals surface area contributed by atoms with Gasteiger partial charge in [-0.3, -0.25) is 0 Å². The van der Waals surface area contributed by atoms with Crippen LogP contribution in [0.4, 0.5) is 28.0 Å². The van der Waals surface area contributed by atoms with Gasteiger partial charge in [0.25, 0.3) is 0 Å². The van der Waals surface area contributed by atoms with Crippen LogP contribution in [0.1, 0.15) is 0 Å². The highest BCUT2D eigenvalue weighted by atomic mass is 19.4. The lowest BCUT2D eigenvalue weighted by Gasteiger charge is -2.23. The van der Waals surface area contributed by atoms with Crippen molar-refractivity contribution in [3.63, 3.8) is 0 Å². The van der Waals surface area contributed by atoms with E-state index in [1.54, 1.807) is 0 Å². The third-order valence-corrected chi connectivity index (χ3v) is 2.34.